The number of likely N-dealkylation sites (N-methyl/N-ethyl adjacent to an activating group) is 1. The maximum Gasteiger partial charge on any atom is 0.332 e. The lowest BCUT2D eigenvalue weighted by Gasteiger charge is -2.41. The zero-order valence-electron chi connectivity index (χ0n) is 15.6. The molecule has 3 fully saturated rings. The zero-order valence-corrected chi connectivity index (χ0v) is 15.6. The smallest absolute Gasteiger partial charge is 0.332 e. The van der Waals surface area contributed by atoms with Crippen LogP contribution in [0.1, 0.15) is 43.0 Å². The molecule has 2 aliphatic heterocycles. The molecule has 1 saturated carbocycles. The summed E-state index contributed by atoms with van der Waals surface area (Å²) in [7, 11) is 1.49. The molecule has 144 valence electrons. The van der Waals surface area contributed by atoms with Crippen molar-refractivity contribution in [2.24, 2.45) is 5.11 Å². The molecule has 1 aliphatic carbocycles. The van der Waals surface area contributed by atoms with E-state index in [1.807, 2.05) is 22.9 Å². The molecule has 10 nitrogen and oxygen atoms in total. The Bertz CT molecular complexity index is 1060. The van der Waals surface area contributed by atoms with Gasteiger partial charge >= 0.3 is 6.03 Å². The number of ether oxygens (including phenoxy) is 1. The maximum atomic E-state index is 13.0. The summed E-state index contributed by atoms with van der Waals surface area (Å²) < 4.78 is 7.20. The first-order chi connectivity index (χ1) is 13.5. The van der Waals surface area contributed by atoms with Crippen LogP contribution in [0.4, 0.5) is 10.5 Å². The number of carbonyl (C=O) groups is 2. The van der Waals surface area contributed by atoms with Gasteiger partial charge in [-0.05, 0) is 35.9 Å². The topological polar surface area (TPSA) is 116 Å². The van der Waals surface area contributed by atoms with Crippen molar-refractivity contribution in [1.82, 2.24) is 14.3 Å². The fraction of sp³-hybridized carbons (Fsp3) is 0.500. The Kier molecular flexibility index (Phi) is 3.47. The van der Waals surface area contributed by atoms with Gasteiger partial charge in [-0.1, -0.05) is 12.0 Å². The number of azide groups is 1. The van der Waals surface area contributed by atoms with Gasteiger partial charge < -0.3 is 9.14 Å². The van der Waals surface area contributed by atoms with E-state index in [-0.39, 0.29) is 25.2 Å². The monoisotopic (exact) mass is 381 g/mol. The summed E-state index contributed by atoms with van der Waals surface area (Å²) in [6.07, 6.45) is 6.03. The lowest BCUT2D eigenvalue weighted by Crippen LogP contribution is -2.64. The SMILES string of the molecule is CC(N=[N+]=[N-])c1cn2cc(C3CC3)cc(N3C(=O)N(C)C(=O)C34COC4)c2n1. The van der Waals surface area contributed by atoms with Crippen molar-refractivity contribution in [2.75, 3.05) is 25.2 Å². The summed E-state index contributed by atoms with van der Waals surface area (Å²) in [5.41, 5.74) is 10.6. The van der Waals surface area contributed by atoms with E-state index in [0.717, 1.165) is 23.3 Å². The van der Waals surface area contributed by atoms with E-state index in [1.165, 1.54) is 11.9 Å². The third kappa shape index (κ3) is 2.18. The summed E-state index contributed by atoms with van der Waals surface area (Å²) in [6.45, 7) is 2.11. The first-order valence-electron chi connectivity index (χ1n) is 9.23. The third-order valence-electron chi connectivity index (χ3n) is 5.80. The number of pyridine rings is 1. The summed E-state index contributed by atoms with van der Waals surface area (Å²) >= 11 is 0. The van der Waals surface area contributed by atoms with E-state index in [1.54, 1.807) is 6.92 Å². The standard InChI is InChI=1S/C18H19N7O3/c1-10(21-22-19)13-7-24-6-12(11-3-4-11)5-14(15(24)20-13)25-17(27)23(2)16(26)18(25)8-28-9-18/h5-7,10-11H,3-4,8-9H2,1-2H3. The summed E-state index contributed by atoms with van der Waals surface area (Å²) in [4.78, 5) is 35.9. The average Bonchev–Trinajstić information content (AvgIpc) is 3.36. The van der Waals surface area contributed by atoms with Crippen molar-refractivity contribution in [2.45, 2.75) is 37.3 Å². The van der Waals surface area contributed by atoms with Crippen molar-refractivity contribution in [3.05, 3.63) is 40.2 Å². The summed E-state index contributed by atoms with van der Waals surface area (Å²) in [5.74, 6) is 0.191. The third-order valence-corrected chi connectivity index (χ3v) is 5.80. The molecular formula is C18H19N7O3. The van der Waals surface area contributed by atoms with Crippen LogP contribution in [0, 0.1) is 0 Å². The van der Waals surface area contributed by atoms with Crippen LogP contribution in [0.2, 0.25) is 0 Å². The van der Waals surface area contributed by atoms with E-state index >= 15 is 0 Å². The van der Waals surface area contributed by atoms with Crippen LogP contribution in [-0.4, -0.2) is 52.0 Å². The Morgan fingerprint density at radius 3 is 2.71 bits per heavy atom. The average molecular weight is 381 g/mol. The molecule has 4 heterocycles. The number of aromatic nitrogens is 2. The van der Waals surface area contributed by atoms with E-state index in [0.29, 0.717) is 22.9 Å². The molecule has 1 spiro atoms. The molecule has 0 bridgehead atoms. The normalized spacial score (nSPS) is 21.9. The predicted molar refractivity (Wildman–Crippen MR) is 98.9 cm³/mol. The molecule has 10 heteroatoms. The Hall–Kier alpha value is -3.10. The van der Waals surface area contributed by atoms with Gasteiger partial charge in [0.15, 0.2) is 11.2 Å². The van der Waals surface area contributed by atoms with Gasteiger partial charge in [0.1, 0.15) is 0 Å². The zero-order chi connectivity index (χ0) is 19.6. The number of fused-ring (bicyclic) bond motifs is 1. The molecule has 5 rings (SSSR count). The molecule has 1 unspecified atom stereocenters. The number of anilines is 1. The van der Waals surface area contributed by atoms with E-state index in [2.05, 4.69) is 15.0 Å². The Labute approximate surface area is 160 Å². The second-order valence-corrected chi connectivity index (χ2v) is 7.72. The fourth-order valence-electron chi connectivity index (χ4n) is 3.97. The fourth-order valence-corrected chi connectivity index (χ4v) is 3.97. The van der Waals surface area contributed by atoms with Crippen LogP contribution in [0.25, 0.3) is 16.1 Å². The first-order valence-corrected chi connectivity index (χ1v) is 9.23. The van der Waals surface area contributed by atoms with Crippen LogP contribution in [0.5, 0.6) is 0 Å². The van der Waals surface area contributed by atoms with Crippen molar-refractivity contribution in [3.63, 3.8) is 0 Å². The lowest BCUT2D eigenvalue weighted by atomic mass is 9.95. The highest BCUT2D eigenvalue weighted by atomic mass is 16.5. The van der Waals surface area contributed by atoms with E-state index < -0.39 is 11.6 Å². The quantitative estimate of drug-likeness (QED) is 0.350. The van der Waals surface area contributed by atoms with Gasteiger partial charge in [-0.25, -0.2) is 9.78 Å². The highest BCUT2D eigenvalue weighted by Gasteiger charge is 2.62. The van der Waals surface area contributed by atoms with Gasteiger partial charge in [0.25, 0.3) is 5.91 Å². The molecule has 28 heavy (non-hydrogen) atoms. The van der Waals surface area contributed by atoms with Crippen LogP contribution >= 0.6 is 0 Å². The maximum absolute atomic E-state index is 13.0. The van der Waals surface area contributed by atoms with Crippen molar-refractivity contribution in [3.8, 4) is 0 Å². The number of imidazole rings is 1. The number of urea groups is 1. The van der Waals surface area contributed by atoms with E-state index in [4.69, 9.17) is 10.3 Å². The van der Waals surface area contributed by atoms with Crippen LogP contribution in [0.15, 0.2) is 23.6 Å². The van der Waals surface area contributed by atoms with Crippen LogP contribution < -0.4 is 4.90 Å². The Morgan fingerprint density at radius 1 is 1.36 bits per heavy atom. The second kappa shape index (κ2) is 5.70. The van der Waals surface area contributed by atoms with Gasteiger partial charge in [-0.2, -0.15) is 0 Å². The van der Waals surface area contributed by atoms with Gasteiger partial charge in [-0.3, -0.25) is 14.6 Å². The minimum absolute atomic E-state index is 0.171. The molecular weight excluding hydrogens is 362 g/mol. The molecule has 2 aromatic rings. The van der Waals surface area contributed by atoms with Crippen LogP contribution in [-0.2, 0) is 9.53 Å². The first kappa shape index (κ1) is 17.0. The van der Waals surface area contributed by atoms with Gasteiger partial charge in [0, 0.05) is 24.4 Å². The molecule has 3 amide bonds. The Balaban J connectivity index is 1.72. The largest absolute Gasteiger partial charge is 0.375 e. The number of amides is 3. The summed E-state index contributed by atoms with van der Waals surface area (Å²) in [5, 5.41) is 3.72. The van der Waals surface area contributed by atoms with E-state index in [9.17, 15) is 9.59 Å². The number of hydrogen-bond donors (Lipinski definition) is 0. The number of nitrogens with zero attached hydrogens (tertiary/aromatic N) is 7. The number of imide groups is 1. The van der Waals surface area contributed by atoms with Gasteiger partial charge in [0.05, 0.1) is 30.6 Å². The molecule has 2 aromatic heterocycles. The van der Waals surface area contributed by atoms with Gasteiger partial charge in [-0.15, -0.1) is 0 Å². The molecule has 0 aromatic carbocycles. The highest BCUT2D eigenvalue weighted by Crippen LogP contribution is 2.45. The molecule has 3 aliphatic rings. The molecule has 0 radical (unpaired) electrons. The highest BCUT2D eigenvalue weighted by molar-refractivity contribution is 6.18. The number of rotatable bonds is 4. The minimum Gasteiger partial charge on any atom is -0.375 e. The molecule has 1 atom stereocenters. The molecule has 2 saturated heterocycles. The number of hydrogen-bond acceptors (Lipinski definition) is 5. The number of carbonyl (C=O) groups excluding carboxylic acids is 2. The van der Waals surface area contributed by atoms with Crippen molar-refractivity contribution < 1.29 is 14.3 Å². The Morgan fingerprint density at radius 2 is 2.11 bits per heavy atom. The van der Waals surface area contributed by atoms with Gasteiger partial charge in [0.2, 0.25) is 0 Å². The lowest BCUT2D eigenvalue weighted by molar-refractivity contribution is -0.144. The predicted octanol–water partition coefficient (Wildman–Crippen LogP) is 2.75. The van der Waals surface area contributed by atoms with Crippen molar-refractivity contribution >= 4 is 23.3 Å². The minimum atomic E-state index is -1.00. The van der Waals surface area contributed by atoms with Crippen LogP contribution in [0.3, 0.4) is 0 Å². The molecule has 0 N–H and O–H groups in total. The summed E-state index contributed by atoms with van der Waals surface area (Å²) in [6, 6.07) is 1.14. The van der Waals surface area contributed by atoms with Crippen molar-refractivity contribution in [1.29, 1.82) is 0 Å². The second-order valence-electron chi connectivity index (χ2n) is 7.72.